The van der Waals surface area contributed by atoms with Crippen molar-refractivity contribution < 1.29 is 33.6 Å². The van der Waals surface area contributed by atoms with Gasteiger partial charge in [-0.2, -0.15) is 0 Å². The van der Waals surface area contributed by atoms with Gasteiger partial charge in [0.1, 0.15) is 30.5 Å². The van der Waals surface area contributed by atoms with E-state index in [2.05, 4.69) is 0 Å². The molecule has 0 radical (unpaired) electrons. The molecule has 7 heteroatoms. The first-order chi connectivity index (χ1) is 12.2. The van der Waals surface area contributed by atoms with Crippen LogP contribution in [0.15, 0.2) is 30.3 Å². The lowest BCUT2D eigenvalue weighted by Gasteiger charge is -2.40. The first-order valence-corrected chi connectivity index (χ1v) is 8.82. The number of ether oxygens (including phenoxy) is 5. The summed E-state index contributed by atoms with van der Waals surface area (Å²) >= 11 is 0. The largest absolute Gasteiger partial charge is 0.453 e. The zero-order valence-electron chi connectivity index (χ0n) is 15.2. The SMILES string of the molecule is CC1(C)O[C@@H]2[C@@H](OC(=O)c3ccccc3)[C@@H]3OC(C)(C)O[C@H]3[C@H](O)[C@H]2O1. The predicted octanol–water partition coefficient (Wildman–Crippen LogP) is 1.63. The Morgan fingerprint density at radius 2 is 1.35 bits per heavy atom. The third kappa shape index (κ3) is 3.04. The molecule has 4 rings (SSSR count). The summed E-state index contributed by atoms with van der Waals surface area (Å²) in [6.07, 6.45) is -4.34. The molecule has 0 unspecified atom stereocenters. The highest BCUT2D eigenvalue weighted by Crippen LogP contribution is 2.45. The molecule has 3 fully saturated rings. The van der Waals surface area contributed by atoms with Crippen LogP contribution >= 0.6 is 0 Å². The zero-order valence-corrected chi connectivity index (χ0v) is 15.2. The molecule has 7 nitrogen and oxygen atoms in total. The molecule has 142 valence electrons. The van der Waals surface area contributed by atoms with Crippen LogP contribution in [0.3, 0.4) is 0 Å². The fraction of sp³-hybridized carbons (Fsp3) is 0.632. The van der Waals surface area contributed by atoms with Crippen LogP contribution < -0.4 is 0 Å². The molecule has 2 saturated heterocycles. The zero-order chi connectivity index (χ0) is 18.7. The van der Waals surface area contributed by atoms with E-state index in [0.29, 0.717) is 5.56 Å². The molecular weight excluding hydrogens is 340 g/mol. The lowest BCUT2D eigenvalue weighted by atomic mass is 9.85. The van der Waals surface area contributed by atoms with Crippen LogP contribution in [0.1, 0.15) is 38.1 Å². The van der Waals surface area contributed by atoms with E-state index in [1.54, 1.807) is 52.0 Å². The molecule has 6 atom stereocenters. The quantitative estimate of drug-likeness (QED) is 0.799. The maximum absolute atomic E-state index is 12.6. The van der Waals surface area contributed by atoms with Crippen molar-refractivity contribution in [2.45, 2.75) is 75.9 Å². The van der Waals surface area contributed by atoms with Gasteiger partial charge in [0, 0.05) is 0 Å². The van der Waals surface area contributed by atoms with E-state index in [-0.39, 0.29) is 0 Å². The van der Waals surface area contributed by atoms with Crippen molar-refractivity contribution in [1.82, 2.24) is 0 Å². The molecule has 1 aromatic carbocycles. The lowest BCUT2D eigenvalue weighted by Crippen LogP contribution is -2.62. The van der Waals surface area contributed by atoms with E-state index in [0.717, 1.165) is 0 Å². The Bertz CT molecular complexity index is 654. The number of carbonyl (C=O) groups excluding carboxylic acids is 1. The van der Waals surface area contributed by atoms with E-state index in [4.69, 9.17) is 23.7 Å². The summed E-state index contributed by atoms with van der Waals surface area (Å²) in [5, 5.41) is 10.7. The van der Waals surface area contributed by atoms with Crippen LogP contribution in [-0.2, 0) is 23.7 Å². The van der Waals surface area contributed by atoms with Gasteiger partial charge in [0.25, 0.3) is 0 Å². The summed E-state index contributed by atoms with van der Waals surface area (Å²) in [5.41, 5.74) is 0.433. The van der Waals surface area contributed by atoms with E-state index < -0.39 is 54.2 Å². The molecule has 1 aromatic rings. The molecular formula is C19H24O7. The van der Waals surface area contributed by atoms with Crippen molar-refractivity contribution in [2.75, 3.05) is 0 Å². The van der Waals surface area contributed by atoms with Crippen LogP contribution in [-0.4, -0.2) is 59.3 Å². The molecule has 2 heterocycles. The number of aliphatic hydroxyl groups is 1. The minimum absolute atomic E-state index is 0.433. The van der Waals surface area contributed by atoms with Crippen molar-refractivity contribution in [3.05, 3.63) is 35.9 Å². The molecule has 26 heavy (non-hydrogen) atoms. The lowest BCUT2D eigenvalue weighted by molar-refractivity contribution is -0.183. The van der Waals surface area contributed by atoms with Crippen LogP contribution in [0, 0.1) is 0 Å². The molecule has 1 saturated carbocycles. The second-order valence-electron chi connectivity index (χ2n) is 7.86. The summed E-state index contributed by atoms with van der Waals surface area (Å²) in [6, 6.07) is 8.72. The highest BCUT2D eigenvalue weighted by molar-refractivity contribution is 5.89. The van der Waals surface area contributed by atoms with Crippen molar-refractivity contribution in [2.24, 2.45) is 0 Å². The van der Waals surface area contributed by atoms with Crippen molar-refractivity contribution in [1.29, 1.82) is 0 Å². The molecule has 0 bridgehead atoms. The average Bonchev–Trinajstić information content (AvgIpc) is 3.08. The first kappa shape index (κ1) is 17.9. The smallest absolute Gasteiger partial charge is 0.338 e. The van der Waals surface area contributed by atoms with Gasteiger partial charge in [-0.15, -0.1) is 0 Å². The minimum Gasteiger partial charge on any atom is -0.453 e. The minimum atomic E-state index is -0.944. The number of benzene rings is 1. The maximum atomic E-state index is 12.6. The van der Waals surface area contributed by atoms with Crippen LogP contribution in [0.4, 0.5) is 0 Å². The van der Waals surface area contributed by atoms with Gasteiger partial charge in [0.15, 0.2) is 17.7 Å². The first-order valence-electron chi connectivity index (χ1n) is 8.82. The van der Waals surface area contributed by atoms with E-state index in [1.807, 2.05) is 6.07 Å². The second-order valence-corrected chi connectivity index (χ2v) is 7.86. The van der Waals surface area contributed by atoms with Gasteiger partial charge in [-0.3, -0.25) is 0 Å². The Kier molecular flexibility index (Phi) is 4.13. The normalized spacial score (nSPS) is 39.9. The highest BCUT2D eigenvalue weighted by atomic mass is 16.8. The molecule has 3 aliphatic rings. The summed E-state index contributed by atoms with van der Waals surface area (Å²) < 4.78 is 29.4. The molecule has 2 aliphatic heterocycles. The van der Waals surface area contributed by atoms with Gasteiger partial charge in [0.2, 0.25) is 0 Å². The molecule has 0 amide bonds. The third-order valence-electron chi connectivity index (χ3n) is 4.90. The molecule has 0 spiro atoms. The van der Waals surface area contributed by atoms with E-state index in [9.17, 15) is 9.90 Å². The average molecular weight is 364 g/mol. The summed E-state index contributed by atoms with van der Waals surface area (Å²) in [4.78, 5) is 12.6. The number of rotatable bonds is 2. The van der Waals surface area contributed by atoms with Crippen molar-refractivity contribution in [3.63, 3.8) is 0 Å². The molecule has 1 aliphatic carbocycles. The Labute approximate surface area is 152 Å². The van der Waals surface area contributed by atoms with Crippen LogP contribution in [0.25, 0.3) is 0 Å². The fourth-order valence-electron chi connectivity index (χ4n) is 3.94. The highest BCUT2D eigenvalue weighted by Gasteiger charge is 2.64. The number of aliphatic hydroxyl groups excluding tert-OH is 1. The van der Waals surface area contributed by atoms with Gasteiger partial charge in [-0.05, 0) is 39.8 Å². The number of esters is 1. The number of carbonyl (C=O) groups is 1. The maximum Gasteiger partial charge on any atom is 0.338 e. The number of hydrogen-bond acceptors (Lipinski definition) is 7. The fourth-order valence-corrected chi connectivity index (χ4v) is 3.94. The topological polar surface area (TPSA) is 83.5 Å². The Hall–Kier alpha value is -1.51. The van der Waals surface area contributed by atoms with Gasteiger partial charge < -0.3 is 28.8 Å². The summed E-state index contributed by atoms with van der Waals surface area (Å²) in [7, 11) is 0. The third-order valence-corrected chi connectivity index (χ3v) is 4.90. The number of hydrogen-bond donors (Lipinski definition) is 1. The predicted molar refractivity (Wildman–Crippen MR) is 89.3 cm³/mol. The Morgan fingerprint density at radius 3 is 1.85 bits per heavy atom. The Balaban J connectivity index is 1.64. The molecule has 1 N–H and O–H groups in total. The Morgan fingerprint density at radius 1 is 0.885 bits per heavy atom. The van der Waals surface area contributed by atoms with Gasteiger partial charge in [0.05, 0.1) is 5.56 Å². The molecule has 0 aromatic heterocycles. The van der Waals surface area contributed by atoms with Crippen molar-refractivity contribution >= 4 is 5.97 Å². The number of fused-ring (bicyclic) bond motifs is 2. The standard InChI is InChI=1S/C19H24O7/c1-18(2)23-12-11(20)13-16(26-19(3,4)24-13)14(15(12)25-18)22-17(21)10-8-6-5-7-9-10/h5-9,11-16,20H,1-4H3/t11-,12-,13+,14-,15+,16-. The van der Waals surface area contributed by atoms with Gasteiger partial charge in [-0.1, -0.05) is 18.2 Å². The monoisotopic (exact) mass is 364 g/mol. The van der Waals surface area contributed by atoms with Gasteiger partial charge >= 0.3 is 5.97 Å². The second kappa shape index (κ2) is 6.00. The van der Waals surface area contributed by atoms with E-state index >= 15 is 0 Å². The van der Waals surface area contributed by atoms with Crippen molar-refractivity contribution in [3.8, 4) is 0 Å². The summed E-state index contributed by atoms with van der Waals surface area (Å²) in [6.45, 7) is 7.04. The van der Waals surface area contributed by atoms with E-state index in [1.165, 1.54) is 0 Å². The van der Waals surface area contributed by atoms with Crippen LogP contribution in [0.5, 0.6) is 0 Å². The van der Waals surface area contributed by atoms with Gasteiger partial charge in [-0.25, -0.2) is 4.79 Å². The van der Waals surface area contributed by atoms with Crippen LogP contribution in [0.2, 0.25) is 0 Å². The summed E-state index contributed by atoms with van der Waals surface area (Å²) in [5.74, 6) is -2.28.